The van der Waals surface area contributed by atoms with Gasteiger partial charge in [-0.15, -0.1) is 11.3 Å². The molecule has 4 aromatic rings. The zero-order valence-electron chi connectivity index (χ0n) is 14.6. The van der Waals surface area contributed by atoms with E-state index in [0.717, 1.165) is 27.0 Å². The molecule has 0 fully saturated rings. The third-order valence-electron chi connectivity index (χ3n) is 4.29. The molecule has 136 valence electrons. The molecule has 2 aromatic heterocycles. The molecule has 0 atom stereocenters. The molecule has 2 aromatic carbocycles. The maximum atomic E-state index is 13.0. The normalized spacial score (nSPS) is 11.7. The highest BCUT2D eigenvalue weighted by Crippen LogP contribution is 2.27. The van der Waals surface area contributed by atoms with Crippen molar-refractivity contribution in [3.05, 3.63) is 77.6 Å². The number of nitrogens with one attached hydrogen (secondary N) is 1. The van der Waals surface area contributed by atoms with E-state index in [0.29, 0.717) is 5.56 Å². The molecule has 0 amide bonds. The van der Waals surface area contributed by atoms with Crippen molar-refractivity contribution in [1.82, 2.24) is 14.7 Å². The largest absolute Gasteiger partial charge is 0.261 e. The van der Waals surface area contributed by atoms with Gasteiger partial charge in [-0.2, -0.15) is 0 Å². The fraction of sp³-hybridized carbons (Fsp3) is 0.100. The van der Waals surface area contributed by atoms with Crippen molar-refractivity contribution in [2.75, 3.05) is 0 Å². The average molecular weight is 396 g/mol. The van der Waals surface area contributed by atoms with Crippen molar-refractivity contribution in [3.8, 4) is 11.1 Å². The summed E-state index contributed by atoms with van der Waals surface area (Å²) in [6.45, 7) is 2.11. The number of aryl methyl sites for hydroxylation is 1. The molecule has 0 aliphatic rings. The number of nitrogens with zero attached hydrogens (tertiary/aromatic N) is 2. The third kappa shape index (κ3) is 3.62. The van der Waals surface area contributed by atoms with Crippen LogP contribution in [0.15, 0.2) is 71.2 Å². The predicted molar refractivity (Wildman–Crippen MR) is 108 cm³/mol. The number of aromatic nitrogens is 2. The van der Waals surface area contributed by atoms with Crippen molar-refractivity contribution < 1.29 is 8.42 Å². The van der Waals surface area contributed by atoms with Gasteiger partial charge in [-0.05, 0) is 30.7 Å². The second-order valence-corrected chi connectivity index (χ2v) is 8.72. The van der Waals surface area contributed by atoms with Gasteiger partial charge in [-0.1, -0.05) is 36.4 Å². The molecule has 27 heavy (non-hydrogen) atoms. The van der Waals surface area contributed by atoms with Gasteiger partial charge >= 0.3 is 0 Å². The smallest absolute Gasteiger partial charge is 0.241 e. The van der Waals surface area contributed by atoms with Crippen LogP contribution in [0.5, 0.6) is 0 Å². The van der Waals surface area contributed by atoms with Crippen LogP contribution in [0.1, 0.15) is 11.3 Å². The van der Waals surface area contributed by atoms with Crippen molar-refractivity contribution in [2.45, 2.75) is 18.4 Å². The second-order valence-electron chi connectivity index (χ2n) is 6.13. The van der Waals surface area contributed by atoms with Crippen LogP contribution < -0.4 is 4.72 Å². The highest BCUT2D eigenvalue weighted by atomic mass is 32.2. The molecule has 0 aliphatic heterocycles. The topological polar surface area (TPSA) is 72.0 Å². The van der Waals surface area contributed by atoms with Crippen LogP contribution in [0, 0.1) is 6.92 Å². The van der Waals surface area contributed by atoms with Gasteiger partial charge in [0.25, 0.3) is 0 Å². The molecule has 0 bridgehead atoms. The van der Waals surface area contributed by atoms with E-state index in [4.69, 9.17) is 0 Å². The summed E-state index contributed by atoms with van der Waals surface area (Å²) in [5.41, 5.74) is 5.84. The minimum absolute atomic E-state index is 0.211. The quantitative estimate of drug-likeness (QED) is 0.551. The Morgan fingerprint density at radius 2 is 1.85 bits per heavy atom. The van der Waals surface area contributed by atoms with Gasteiger partial charge in [0.1, 0.15) is 0 Å². The number of rotatable bonds is 5. The van der Waals surface area contributed by atoms with E-state index in [1.165, 1.54) is 11.3 Å². The summed E-state index contributed by atoms with van der Waals surface area (Å²) in [6, 6.07) is 16.4. The van der Waals surface area contributed by atoms with Crippen LogP contribution in [0.2, 0.25) is 0 Å². The van der Waals surface area contributed by atoms with Crippen molar-refractivity contribution >= 4 is 31.6 Å². The SMILES string of the molecule is Cc1ccc(-c2ccccc2S(=O)(=O)NCc2cccc3ncsc23)cn1. The molecule has 0 aliphatic carbocycles. The van der Waals surface area contributed by atoms with Crippen LogP contribution in [0.25, 0.3) is 21.3 Å². The summed E-state index contributed by atoms with van der Waals surface area (Å²) in [6.07, 6.45) is 1.70. The Balaban J connectivity index is 1.66. The van der Waals surface area contributed by atoms with Gasteiger partial charge in [-0.3, -0.25) is 4.98 Å². The molecule has 0 radical (unpaired) electrons. The molecule has 5 nitrogen and oxygen atoms in total. The lowest BCUT2D eigenvalue weighted by molar-refractivity contribution is 0.582. The Kier molecular flexibility index (Phi) is 4.73. The standard InChI is InChI=1S/C20H17N3O2S2/c1-14-9-10-15(11-21-14)17-6-2-3-8-19(17)27(24,25)23-12-16-5-4-7-18-20(16)26-13-22-18/h2-11,13,23H,12H2,1H3. The fourth-order valence-corrected chi connectivity index (χ4v) is 4.94. The van der Waals surface area contributed by atoms with Gasteiger partial charge in [0.15, 0.2) is 0 Å². The number of benzene rings is 2. The predicted octanol–water partition coefficient (Wildman–Crippen LogP) is 4.15. The van der Waals surface area contributed by atoms with Crippen molar-refractivity contribution in [2.24, 2.45) is 0 Å². The Morgan fingerprint density at radius 1 is 1.00 bits per heavy atom. The van der Waals surface area contributed by atoms with Gasteiger partial charge in [0, 0.05) is 29.6 Å². The molecule has 4 rings (SSSR count). The van der Waals surface area contributed by atoms with E-state index in [-0.39, 0.29) is 11.4 Å². The van der Waals surface area contributed by atoms with Crippen molar-refractivity contribution in [1.29, 1.82) is 0 Å². The van der Waals surface area contributed by atoms with Gasteiger partial charge < -0.3 is 0 Å². The van der Waals surface area contributed by atoms with Crippen molar-refractivity contribution in [3.63, 3.8) is 0 Å². The molecule has 1 N–H and O–H groups in total. The molecule has 0 saturated heterocycles. The monoisotopic (exact) mass is 395 g/mol. The lowest BCUT2D eigenvalue weighted by atomic mass is 10.1. The maximum absolute atomic E-state index is 13.0. The van der Waals surface area contributed by atoms with Crippen LogP contribution in [-0.2, 0) is 16.6 Å². The Labute approximate surface area is 161 Å². The van der Waals surface area contributed by atoms with E-state index in [9.17, 15) is 8.42 Å². The maximum Gasteiger partial charge on any atom is 0.241 e. The first kappa shape index (κ1) is 17.8. The van der Waals surface area contributed by atoms with Gasteiger partial charge in [0.05, 0.1) is 20.6 Å². The number of pyridine rings is 1. The summed E-state index contributed by atoms with van der Waals surface area (Å²) < 4.78 is 29.7. The summed E-state index contributed by atoms with van der Waals surface area (Å²) in [7, 11) is -3.69. The fourth-order valence-electron chi connectivity index (χ4n) is 2.90. The lowest BCUT2D eigenvalue weighted by Gasteiger charge is -2.12. The first-order valence-electron chi connectivity index (χ1n) is 8.37. The van der Waals surface area contributed by atoms with E-state index in [1.807, 2.05) is 43.3 Å². The number of fused-ring (bicyclic) bond motifs is 1. The summed E-state index contributed by atoms with van der Waals surface area (Å²) >= 11 is 1.51. The number of thiazole rings is 1. The molecule has 2 heterocycles. The minimum atomic E-state index is -3.69. The summed E-state index contributed by atoms with van der Waals surface area (Å²) in [5.74, 6) is 0. The lowest BCUT2D eigenvalue weighted by Crippen LogP contribution is -2.23. The van der Waals surface area contributed by atoms with Crippen LogP contribution in [0.4, 0.5) is 0 Å². The zero-order chi connectivity index (χ0) is 18.9. The zero-order valence-corrected chi connectivity index (χ0v) is 16.2. The Morgan fingerprint density at radius 3 is 2.67 bits per heavy atom. The summed E-state index contributed by atoms with van der Waals surface area (Å²) in [5, 5.41) is 0. The van der Waals surface area contributed by atoms with Gasteiger partial charge in [0.2, 0.25) is 10.0 Å². The average Bonchev–Trinajstić information content (AvgIpc) is 3.16. The summed E-state index contributed by atoms with van der Waals surface area (Å²) in [4.78, 5) is 8.80. The number of hydrogen-bond acceptors (Lipinski definition) is 5. The van der Waals surface area contributed by atoms with E-state index in [1.54, 1.807) is 29.9 Å². The highest BCUT2D eigenvalue weighted by Gasteiger charge is 2.19. The van der Waals surface area contributed by atoms with Crippen LogP contribution >= 0.6 is 11.3 Å². The molecular formula is C20H17N3O2S2. The Hall–Kier alpha value is -2.61. The van der Waals surface area contributed by atoms with E-state index < -0.39 is 10.0 Å². The number of hydrogen-bond donors (Lipinski definition) is 1. The second kappa shape index (κ2) is 7.19. The molecule has 0 saturated carbocycles. The molecule has 0 unspecified atom stereocenters. The molecule has 7 heteroatoms. The highest BCUT2D eigenvalue weighted by molar-refractivity contribution is 7.89. The third-order valence-corrected chi connectivity index (χ3v) is 6.67. The van der Waals surface area contributed by atoms with E-state index in [2.05, 4.69) is 14.7 Å². The first-order valence-corrected chi connectivity index (χ1v) is 10.7. The number of sulfonamides is 1. The van der Waals surface area contributed by atoms with E-state index >= 15 is 0 Å². The van der Waals surface area contributed by atoms with Crippen LogP contribution in [0.3, 0.4) is 0 Å². The minimum Gasteiger partial charge on any atom is -0.261 e. The Bertz CT molecular complexity index is 1200. The molecular weight excluding hydrogens is 378 g/mol. The van der Waals surface area contributed by atoms with Crippen LogP contribution in [-0.4, -0.2) is 18.4 Å². The molecule has 0 spiro atoms. The first-order chi connectivity index (χ1) is 13.0. The van der Waals surface area contributed by atoms with Gasteiger partial charge in [-0.25, -0.2) is 18.1 Å².